The zero-order valence-corrected chi connectivity index (χ0v) is 28.6. The largest absolute Gasteiger partial charge is 0.299 e. The summed E-state index contributed by atoms with van der Waals surface area (Å²) < 4.78 is 0. The normalized spacial score (nSPS) is 19.4. The highest BCUT2D eigenvalue weighted by Crippen LogP contribution is 2.33. The van der Waals surface area contributed by atoms with Gasteiger partial charge in [-0.25, -0.2) is 0 Å². The minimum atomic E-state index is 0.470. The van der Waals surface area contributed by atoms with Gasteiger partial charge in [0.25, 0.3) is 0 Å². The van der Waals surface area contributed by atoms with E-state index in [-0.39, 0.29) is 0 Å². The Morgan fingerprint density at radius 2 is 1.50 bits per heavy atom. The Kier molecular flexibility index (Phi) is 10.7. The Labute approximate surface area is 267 Å². The topological polar surface area (TPSA) is 32.3 Å². The lowest BCUT2D eigenvalue weighted by Crippen LogP contribution is -2.38. The van der Waals surface area contributed by atoms with Crippen LogP contribution in [0.1, 0.15) is 121 Å². The van der Waals surface area contributed by atoms with Crippen molar-refractivity contribution in [3.63, 3.8) is 0 Å². The summed E-state index contributed by atoms with van der Waals surface area (Å²) in [7, 11) is 0. The molecule has 4 heterocycles. The van der Waals surface area contributed by atoms with E-state index in [1.54, 1.807) is 0 Å². The van der Waals surface area contributed by atoms with Crippen LogP contribution >= 0.6 is 0 Å². The van der Waals surface area contributed by atoms with Gasteiger partial charge in [0.2, 0.25) is 0 Å². The monoisotopic (exact) mass is 592 g/mol. The summed E-state index contributed by atoms with van der Waals surface area (Å²) in [5, 5.41) is 5.43. The first-order valence-electron chi connectivity index (χ1n) is 17.3. The Balaban J connectivity index is 0.000000175. The third-order valence-electron chi connectivity index (χ3n) is 10.2. The molecular formula is C40H56N4. The van der Waals surface area contributed by atoms with Crippen LogP contribution in [0.4, 0.5) is 0 Å². The molecule has 1 atom stereocenters. The van der Waals surface area contributed by atoms with Crippen molar-refractivity contribution in [3.05, 3.63) is 83.4 Å². The zero-order chi connectivity index (χ0) is 31.3. The lowest BCUT2D eigenvalue weighted by Gasteiger charge is -2.37. The lowest BCUT2D eigenvalue weighted by atomic mass is 9.82. The van der Waals surface area contributed by atoms with Gasteiger partial charge in [-0.1, -0.05) is 91.3 Å². The van der Waals surface area contributed by atoms with Crippen LogP contribution in [-0.4, -0.2) is 45.4 Å². The molecule has 2 aromatic heterocycles. The highest BCUT2D eigenvalue weighted by Gasteiger charge is 2.26. The van der Waals surface area contributed by atoms with E-state index < -0.39 is 0 Å². The van der Waals surface area contributed by atoms with E-state index in [4.69, 9.17) is 4.98 Å². The second-order valence-corrected chi connectivity index (χ2v) is 14.7. The van der Waals surface area contributed by atoms with E-state index >= 15 is 0 Å². The third kappa shape index (κ3) is 7.69. The molecule has 2 aliphatic heterocycles. The van der Waals surface area contributed by atoms with Gasteiger partial charge in [0.1, 0.15) is 0 Å². The Bertz CT molecular complexity index is 1510. The van der Waals surface area contributed by atoms with Crippen LogP contribution in [0.3, 0.4) is 0 Å². The van der Waals surface area contributed by atoms with Crippen LogP contribution in [0.25, 0.3) is 21.5 Å². The van der Waals surface area contributed by atoms with Gasteiger partial charge in [-0.15, -0.1) is 0 Å². The van der Waals surface area contributed by atoms with Gasteiger partial charge >= 0.3 is 0 Å². The van der Waals surface area contributed by atoms with Crippen molar-refractivity contribution in [1.29, 1.82) is 0 Å². The van der Waals surface area contributed by atoms with Gasteiger partial charge in [-0.05, 0) is 103 Å². The van der Waals surface area contributed by atoms with E-state index in [0.717, 1.165) is 19.1 Å². The van der Waals surface area contributed by atoms with Crippen LogP contribution in [-0.2, 0) is 13.1 Å². The lowest BCUT2D eigenvalue weighted by molar-refractivity contribution is 0.127. The minimum Gasteiger partial charge on any atom is -0.299 e. The highest BCUT2D eigenvalue weighted by atomic mass is 15.2. The van der Waals surface area contributed by atoms with Crippen molar-refractivity contribution < 1.29 is 0 Å². The maximum absolute atomic E-state index is 4.80. The number of fused-ring (bicyclic) bond motifs is 2. The molecule has 2 fully saturated rings. The van der Waals surface area contributed by atoms with E-state index in [1.807, 2.05) is 12.4 Å². The number of pyridine rings is 2. The Morgan fingerprint density at radius 3 is 2.20 bits per heavy atom. The summed E-state index contributed by atoms with van der Waals surface area (Å²) in [4.78, 5) is 14.4. The molecule has 4 aromatic rings. The standard InChI is InChI=1S/2C20H28N2/c1-15(2)17-6-5-16(18-7-10-21-13-19(17)18)14-22-11-8-20(3,4)9-12-22;1-4-17-9-7-8-12-22(17)14-16-13-21-20(15(2)3)19-11-6-5-10-18(16)19/h5-7,10,13,15H,8-9,11-12,14H2,1-4H3;5-6,10-11,13,15,17H,4,7-9,12,14H2,1-3H3. The number of rotatable bonds is 7. The summed E-state index contributed by atoms with van der Waals surface area (Å²) in [6.45, 7) is 21.8. The second kappa shape index (κ2) is 14.5. The van der Waals surface area contributed by atoms with Crippen LogP contribution < -0.4 is 0 Å². The molecule has 6 rings (SSSR count). The average molecular weight is 593 g/mol. The highest BCUT2D eigenvalue weighted by molar-refractivity contribution is 5.88. The Morgan fingerprint density at radius 1 is 0.773 bits per heavy atom. The van der Waals surface area contributed by atoms with Crippen molar-refractivity contribution in [2.45, 2.75) is 118 Å². The molecule has 0 saturated carbocycles. The summed E-state index contributed by atoms with van der Waals surface area (Å²) in [5.74, 6) is 1.01. The minimum absolute atomic E-state index is 0.470. The van der Waals surface area contributed by atoms with E-state index in [1.165, 1.54) is 102 Å². The quantitative estimate of drug-likeness (QED) is 0.214. The maximum Gasteiger partial charge on any atom is 0.0507 e. The molecular weight excluding hydrogens is 536 g/mol. The fraction of sp³-hybridized carbons (Fsp3) is 0.550. The molecule has 44 heavy (non-hydrogen) atoms. The number of hydrogen-bond donors (Lipinski definition) is 0. The number of likely N-dealkylation sites (tertiary alicyclic amines) is 2. The number of hydrogen-bond acceptors (Lipinski definition) is 4. The van der Waals surface area contributed by atoms with Crippen LogP contribution in [0.5, 0.6) is 0 Å². The molecule has 0 spiro atoms. The van der Waals surface area contributed by atoms with Gasteiger partial charge < -0.3 is 0 Å². The van der Waals surface area contributed by atoms with Crippen molar-refractivity contribution in [3.8, 4) is 0 Å². The van der Waals surface area contributed by atoms with E-state index in [9.17, 15) is 0 Å². The first-order valence-corrected chi connectivity index (χ1v) is 17.3. The molecule has 4 nitrogen and oxygen atoms in total. The third-order valence-corrected chi connectivity index (χ3v) is 10.2. The molecule has 0 amide bonds. The van der Waals surface area contributed by atoms with Gasteiger partial charge in [-0.2, -0.15) is 0 Å². The van der Waals surface area contributed by atoms with Crippen LogP contribution in [0.15, 0.2) is 61.1 Å². The summed E-state index contributed by atoms with van der Waals surface area (Å²) in [6.07, 6.45) is 14.0. The molecule has 2 saturated heterocycles. The molecule has 4 heteroatoms. The number of benzene rings is 2. The molecule has 1 unspecified atom stereocenters. The smallest absolute Gasteiger partial charge is 0.0507 e. The number of piperidine rings is 2. The summed E-state index contributed by atoms with van der Waals surface area (Å²) in [6, 6.07) is 16.4. The van der Waals surface area contributed by atoms with Gasteiger partial charge in [0.05, 0.1) is 5.69 Å². The SMILES string of the molecule is CC(C)c1ccc(CN2CCC(C)(C)CC2)c2ccncc12.CCC1CCCCN1Cc1cnc(C(C)C)c2ccccc12. The average Bonchev–Trinajstić information content (AvgIpc) is 3.02. The van der Waals surface area contributed by atoms with Crippen molar-refractivity contribution in [2.75, 3.05) is 19.6 Å². The number of aromatic nitrogens is 2. The fourth-order valence-electron chi connectivity index (χ4n) is 7.28. The maximum atomic E-state index is 4.80. The fourth-order valence-corrected chi connectivity index (χ4v) is 7.28. The van der Waals surface area contributed by atoms with Crippen molar-refractivity contribution in [2.24, 2.45) is 5.41 Å². The molecule has 0 aliphatic carbocycles. The molecule has 0 bridgehead atoms. The molecule has 236 valence electrons. The van der Waals surface area contributed by atoms with E-state index in [2.05, 4.69) is 112 Å². The zero-order valence-electron chi connectivity index (χ0n) is 28.6. The van der Waals surface area contributed by atoms with Crippen molar-refractivity contribution in [1.82, 2.24) is 19.8 Å². The summed E-state index contributed by atoms with van der Waals surface area (Å²) >= 11 is 0. The van der Waals surface area contributed by atoms with E-state index in [0.29, 0.717) is 17.3 Å². The first-order chi connectivity index (χ1) is 21.2. The Hall–Kier alpha value is -2.82. The first kappa shape index (κ1) is 32.6. The second-order valence-electron chi connectivity index (χ2n) is 14.7. The number of nitrogens with zero attached hydrogens (tertiary/aromatic N) is 4. The van der Waals surface area contributed by atoms with Gasteiger partial charge in [0.15, 0.2) is 0 Å². The molecule has 2 aliphatic rings. The van der Waals surface area contributed by atoms with Crippen LogP contribution in [0.2, 0.25) is 0 Å². The molecule has 0 radical (unpaired) electrons. The predicted octanol–water partition coefficient (Wildman–Crippen LogP) is 10.1. The van der Waals surface area contributed by atoms with Gasteiger partial charge in [-0.3, -0.25) is 19.8 Å². The van der Waals surface area contributed by atoms with Crippen molar-refractivity contribution >= 4 is 21.5 Å². The molecule has 0 N–H and O–H groups in total. The van der Waals surface area contributed by atoms with Gasteiger partial charge in [0, 0.05) is 48.5 Å². The summed E-state index contributed by atoms with van der Waals surface area (Å²) in [5.41, 5.74) is 5.99. The van der Waals surface area contributed by atoms with Crippen LogP contribution in [0, 0.1) is 5.41 Å². The molecule has 2 aromatic carbocycles. The predicted molar refractivity (Wildman–Crippen MR) is 188 cm³/mol.